The number of amides is 1. The van der Waals surface area contributed by atoms with Crippen molar-refractivity contribution >= 4 is 52.9 Å². The second-order valence-electron chi connectivity index (χ2n) is 8.86. The summed E-state index contributed by atoms with van der Waals surface area (Å²) in [6.45, 7) is 1.69. The zero-order chi connectivity index (χ0) is 28.2. The number of nitrogens with one attached hydrogen (secondary N) is 1. The predicted molar refractivity (Wildman–Crippen MR) is 134 cm³/mol. The minimum absolute atomic E-state index is 0.0241. The van der Waals surface area contributed by atoms with Crippen LogP contribution in [0.3, 0.4) is 0 Å². The number of oxime groups is 1. The monoisotopic (exact) mass is 548 g/mol. The molecule has 14 nitrogen and oxygen atoms in total. The molecule has 16 heteroatoms. The highest BCUT2D eigenvalue weighted by Crippen LogP contribution is 2.36. The van der Waals surface area contributed by atoms with E-state index < -0.39 is 54.8 Å². The lowest BCUT2D eigenvalue weighted by atomic mass is 9.64. The first-order valence-corrected chi connectivity index (χ1v) is 12.1. The van der Waals surface area contributed by atoms with Gasteiger partial charge >= 0.3 is 19.1 Å². The van der Waals surface area contributed by atoms with Gasteiger partial charge in [0, 0.05) is 17.6 Å². The number of benzene rings is 1. The minimum atomic E-state index is -1.77. The van der Waals surface area contributed by atoms with Crippen molar-refractivity contribution in [1.82, 2.24) is 10.3 Å². The van der Waals surface area contributed by atoms with Crippen LogP contribution in [0.5, 0.6) is 5.75 Å². The number of aliphatic carboxylic acids is 1. The lowest BCUT2D eigenvalue weighted by Crippen LogP contribution is -2.51. The van der Waals surface area contributed by atoms with Gasteiger partial charge in [-0.2, -0.15) is 0 Å². The number of nitrogens with zero attached hydrogens (tertiary/aromatic N) is 2. The maximum absolute atomic E-state index is 13.3. The number of carboxylic acid groups (broad SMARTS) is 2. The summed E-state index contributed by atoms with van der Waals surface area (Å²) in [6, 6.07) is 2.92. The van der Waals surface area contributed by atoms with Crippen molar-refractivity contribution in [3.05, 3.63) is 40.4 Å². The number of rotatable bonds is 11. The molecule has 1 aliphatic heterocycles. The third-order valence-corrected chi connectivity index (χ3v) is 6.30. The van der Waals surface area contributed by atoms with Gasteiger partial charge in [-0.05, 0) is 31.9 Å². The Morgan fingerprint density at radius 1 is 1.34 bits per heavy atom. The molecule has 3 rings (SSSR count). The predicted octanol–water partition coefficient (Wildman–Crippen LogP) is -0.0705. The molecule has 0 radical (unpaired) electrons. The van der Waals surface area contributed by atoms with Crippen LogP contribution < -0.4 is 15.7 Å². The molecule has 0 fully saturated rings. The first-order chi connectivity index (χ1) is 17.8. The fourth-order valence-corrected chi connectivity index (χ4v) is 4.06. The molecular weight excluding hydrogens is 523 g/mol. The maximum Gasteiger partial charge on any atom is 0.526 e. The fourth-order valence-electron chi connectivity index (χ4n) is 3.52. The van der Waals surface area contributed by atoms with Crippen LogP contribution in [0.1, 0.15) is 41.9 Å². The summed E-state index contributed by atoms with van der Waals surface area (Å²) in [6.07, 6.45) is -0.182. The van der Waals surface area contributed by atoms with E-state index in [1.54, 1.807) is 6.07 Å². The molecule has 202 valence electrons. The maximum atomic E-state index is 13.3. The van der Waals surface area contributed by atoms with E-state index in [9.17, 15) is 29.3 Å². The number of aromatic nitrogens is 1. The normalized spacial score (nSPS) is 16.2. The number of nitrogens with two attached hydrogens (primary N) is 1. The Labute approximate surface area is 220 Å². The number of para-hydroxylation sites is 1. The summed E-state index contributed by atoms with van der Waals surface area (Å²) >= 11 is 1.02. The number of aliphatic hydroxyl groups is 1. The van der Waals surface area contributed by atoms with Gasteiger partial charge in [-0.3, -0.25) is 9.59 Å². The molecule has 7 N–H and O–H groups in total. The Hall–Kier alpha value is -4.02. The SMILES string of the molecule is CC(C)(O/N=C(\C(=O)C[C@H]1Cc2cccc(C(=O)O)c2OB1O)c1csc(N)n1)C(=O)N[C@@H](CO)C(=O)O. The van der Waals surface area contributed by atoms with Crippen LogP contribution in [0.25, 0.3) is 0 Å². The Morgan fingerprint density at radius 2 is 2.05 bits per heavy atom. The van der Waals surface area contributed by atoms with Crippen molar-refractivity contribution in [2.75, 3.05) is 12.3 Å². The number of ketones is 1. The molecule has 0 spiro atoms. The third-order valence-electron chi connectivity index (χ3n) is 5.63. The summed E-state index contributed by atoms with van der Waals surface area (Å²) in [7, 11) is -1.50. The number of carbonyl (C=O) groups is 4. The highest BCUT2D eigenvalue weighted by atomic mass is 32.1. The van der Waals surface area contributed by atoms with E-state index in [-0.39, 0.29) is 40.7 Å². The molecule has 0 saturated heterocycles. The molecule has 0 saturated carbocycles. The second kappa shape index (κ2) is 11.6. The zero-order valence-electron chi connectivity index (χ0n) is 20.3. The first kappa shape index (κ1) is 28.6. The Bertz CT molecular complexity index is 1280. The van der Waals surface area contributed by atoms with E-state index in [0.29, 0.717) is 5.56 Å². The minimum Gasteiger partial charge on any atom is -0.535 e. The van der Waals surface area contributed by atoms with Gasteiger partial charge < -0.3 is 40.9 Å². The number of hydrogen-bond donors (Lipinski definition) is 6. The van der Waals surface area contributed by atoms with Crippen LogP contribution in [0.2, 0.25) is 5.82 Å². The van der Waals surface area contributed by atoms with Gasteiger partial charge in [-0.15, -0.1) is 11.3 Å². The summed E-state index contributed by atoms with van der Waals surface area (Å²) < 4.78 is 5.44. The Kier molecular flexibility index (Phi) is 8.70. The van der Waals surface area contributed by atoms with Crippen molar-refractivity contribution < 1.29 is 49.0 Å². The van der Waals surface area contributed by atoms with E-state index in [4.69, 9.17) is 25.4 Å². The summed E-state index contributed by atoms with van der Waals surface area (Å²) in [5.74, 6) is -5.01. The summed E-state index contributed by atoms with van der Waals surface area (Å²) in [5.41, 5.74) is 4.04. The lowest BCUT2D eigenvalue weighted by molar-refractivity contribution is -0.150. The number of Topliss-reactive ketones (excluding diaryl/α,β-unsaturated/α-hetero) is 1. The molecule has 0 aliphatic carbocycles. The molecule has 38 heavy (non-hydrogen) atoms. The van der Waals surface area contributed by atoms with Crippen LogP contribution in [0, 0.1) is 0 Å². The number of nitrogen functional groups attached to an aromatic ring is 1. The van der Waals surface area contributed by atoms with E-state index in [1.807, 2.05) is 0 Å². The van der Waals surface area contributed by atoms with E-state index in [1.165, 1.54) is 31.4 Å². The Balaban J connectivity index is 1.83. The molecule has 0 unspecified atom stereocenters. The number of aromatic carboxylic acids is 1. The molecule has 2 heterocycles. The molecular formula is C22H25BN4O10S. The van der Waals surface area contributed by atoms with Crippen LogP contribution in [0.4, 0.5) is 5.13 Å². The van der Waals surface area contributed by atoms with Gasteiger partial charge in [0.2, 0.25) is 5.60 Å². The number of carbonyl (C=O) groups excluding carboxylic acids is 2. The second-order valence-corrected chi connectivity index (χ2v) is 9.75. The first-order valence-electron chi connectivity index (χ1n) is 11.2. The van der Waals surface area contributed by atoms with Gasteiger partial charge in [-0.25, -0.2) is 14.6 Å². The van der Waals surface area contributed by atoms with Crippen LogP contribution >= 0.6 is 11.3 Å². The zero-order valence-corrected chi connectivity index (χ0v) is 21.1. The van der Waals surface area contributed by atoms with Crippen LogP contribution in [-0.4, -0.2) is 80.0 Å². The quantitative estimate of drug-likeness (QED) is 0.123. The number of hydrogen-bond acceptors (Lipinski definition) is 12. The van der Waals surface area contributed by atoms with Crippen LogP contribution in [0.15, 0.2) is 28.7 Å². The van der Waals surface area contributed by atoms with Crippen molar-refractivity contribution in [1.29, 1.82) is 0 Å². The van der Waals surface area contributed by atoms with E-state index >= 15 is 0 Å². The van der Waals surface area contributed by atoms with Gasteiger partial charge in [0.15, 0.2) is 16.6 Å². The molecule has 1 aromatic carbocycles. The average molecular weight is 548 g/mol. The molecule has 1 aromatic heterocycles. The standard InChI is InChI=1S/C22H25BN4O10S/c1-22(2,20(34)25-13(8-28)19(32)33)37-27-16(14-9-38-21(24)26-14)15(29)7-11-6-10-4-3-5-12(18(30)31)17(10)36-23(11)35/h3-5,9,11,13,28,35H,6-8H2,1-2H3,(H2,24,26)(H,25,34)(H,30,31)(H,32,33)/b27-16-/t11-,13+/m1/s1. The molecule has 2 atom stereocenters. The van der Waals surface area contributed by atoms with Gasteiger partial charge in [0.1, 0.15) is 17.5 Å². The van der Waals surface area contributed by atoms with E-state index in [2.05, 4.69) is 15.5 Å². The van der Waals surface area contributed by atoms with Gasteiger partial charge in [-0.1, -0.05) is 17.3 Å². The van der Waals surface area contributed by atoms with E-state index in [0.717, 1.165) is 11.3 Å². The largest absolute Gasteiger partial charge is 0.535 e. The van der Waals surface area contributed by atoms with Crippen molar-refractivity contribution in [3.8, 4) is 5.75 Å². The van der Waals surface area contributed by atoms with Crippen molar-refractivity contribution in [2.45, 2.75) is 44.1 Å². The third kappa shape index (κ3) is 6.45. The van der Waals surface area contributed by atoms with Crippen molar-refractivity contribution in [3.63, 3.8) is 0 Å². The van der Waals surface area contributed by atoms with Crippen molar-refractivity contribution in [2.24, 2.45) is 5.16 Å². The molecule has 2 aromatic rings. The number of carboxylic acids is 2. The summed E-state index contributed by atoms with van der Waals surface area (Å²) in [4.78, 5) is 57.8. The van der Waals surface area contributed by atoms with Gasteiger partial charge in [0.05, 0.1) is 12.2 Å². The Morgan fingerprint density at radius 3 is 2.63 bits per heavy atom. The number of aliphatic hydroxyl groups excluding tert-OH is 1. The smallest absolute Gasteiger partial charge is 0.526 e. The number of anilines is 1. The summed E-state index contributed by atoms with van der Waals surface area (Å²) in [5, 5.41) is 45.6. The molecule has 1 amide bonds. The van der Waals surface area contributed by atoms with Crippen LogP contribution in [-0.2, 0) is 25.6 Å². The fraction of sp³-hybridized carbons (Fsp3) is 0.364. The number of fused-ring (bicyclic) bond motifs is 1. The topological polar surface area (TPSA) is 231 Å². The molecule has 0 bridgehead atoms. The average Bonchev–Trinajstić information content (AvgIpc) is 3.27. The lowest BCUT2D eigenvalue weighted by Gasteiger charge is -2.28. The van der Waals surface area contributed by atoms with Gasteiger partial charge in [0.25, 0.3) is 5.91 Å². The highest BCUT2D eigenvalue weighted by Gasteiger charge is 2.39. The highest BCUT2D eigenvalue weighted by molar-refractivity contribution is 7.13. The number of thiazole rings is 1. The molecule has 1 aliphatic rings.